The number of ether oxygens (including phenoxy) is 2. The first kappa shape index (κ1) is 20.1. The maximum absolute atomic E-state index is 12.9. The summed E-state index contributed by atoms with van der Waals surface area (Å²) in [4.78, 5) is 32.7. The Balaban J connectivity index is 1.20. The SMILES string of the molecule is O=C(OCOC(=O)c1cccc2[nH]c3c(c12)CCCC3)c1cccc2[nH]c3c(c12)CCCC3. The van der Waals surface area contributed by atoms with Crippen molar-refractivity contribution in [2.45, 2.75) is 51.4 Å². The van der Waals surface area contributed by atoms with Gasteiger partial charge in [-0.15, -0.1) is 0 Å². The molecule has 6 heteroatoms. The van der Waals surface area contributed by atoms with Gasteiger partial charge >= 0.3 is 11.9 Å². The third kappa shape index (κ3) is 3.41. The normalized spacial score (nSPS) is 15.3. The molecule has 6 nitrogen and oxygen atoms in total. The number of aromatic amines is 2. The van der Waals surface area contributed by atoms with Gasteiger partial charge in [-0.05, 0) is 86.8 Å². The smallest absolute Gasteiger partial charge is 0.341 e. The zero-order valence-electron chi connectivity index (χ0n) is 18.5. The zero-order chi connectivity index (χ0) is 22.4. The third-order valence-electron chi connectivity index (χ3n) is 7.06. The van der Waals surface area contributed by atoms with Crippen LogP contribution in [0.1, 0.15) is 68.9 Å². The van der Waals surface area contributed by atoms with Crippen LogP contribution in [-0.2, 0) is 35.2 Å². The molecule has 0 saturated heterocycles. The number of rotatable bonds is 4. The maximum atomic E-state index is 12.9. The molecule has 2 N–H and O–H groups in total. The second-order valence-corrected chi connectivity index (χ2v) is 9.02. The van der Waals surface area contributed by atoms with Crippen LogP contribution in [0.2, 0.25) is 0 Å². The van der Waals surface area contributed by atoms with Gasteiger partial charge in [-0.25, -0.2) is 9.59 Å². The van der Waals surface area contributed by atoms with Gasteiger partial charge in [-0.1, -0.05) is 12.1 Å². The highest BCUT2D eigenvalue weighted by molar-refractivity contribution is 6.07. The van der Waals surface area contributed by atoms with Crippen LogP contribution in [-0.4, -0.2) is 28.7 Å². The van der Waals surface area contributed by atoms with Crippen LogP contribution in [0.3, 0.4) is 0 Å². The quantitative estimate of drug-likeness (QED) is 0.328. The lowest BCUT2D eigenvalue weighted by Gasteiger charge is -2.13. The average molecular weight is 443 g/mol. The zero-order valence-corrected chi connectivity index (χ0v) is 18.5. The van der Waals surface area contributed by atoms with Crippen LogP contribution in [0.4, 0.5) is 0 Å². The first-order chi connectivity index (χ1) is 16.2. The average Bonchev–Trinajstić information content (AvgIpc) is 3.42. The van der Waals surface area contributed by atoms with E-state index in [9.17, 15) is 9.59 Å². The second-order valence-electron chi connectivity index (χ2n) is 9.02. The Bertz CT molecular complexity index is 1290. The lowest BCUT2D eigenvalue weighted by atomic mass is 9.94. The van der Waals surface area contributed by atoms with Gasteiger partial charge in [0.05, 0.1) is 11.1 Å². The summed E-state index contributed by atoms with van der Waals surface area (Å²) in [5.41, 5.74) is 7.80. The molecule has 0 atom stereocenters. The fourth-order valence-corrected chi connectivity index (χ4v) is 5.56. The summed E-state index contributed by atoms with van der Waals surface area (Å²) in [6.07, 6.45) is 8.48. The molecule has 2 aliphatic rings. The van der Waals surface area contributed by atoms with E-state index in [0.29, 0.717) is 11.1 Å². The van der Waals surface area contributed by atoms with Crippen molar-refractivity contribution in [3.63, 3.8) is 0 Å². The number of carbonyl (C=O) groups excluding carboxylic acids is 2. The highest BCUT2D eigenvalue weighted by Gasteiger charge is 2.23. The van der Waals surface area contributed by atoms with E-state index >= 15 is 0 Å². The number of hydrogen-bond acceptors (Lipinski definition) is 4. The van der Waals surface area contributed by atoms with Crippen molar-refractivity contribution in [3.05, 3.63) is 70.0 Å². The van der Waals surface area contributed by atoms with Crippen LogP contribution in [0.5, 0.6) is 0 Å². The lowest BCUT2D eigenvalue weighted by Crippen LogP contribution is -2.14. The van der Waals surface area contributed by atoms with E-state index in [1.807, 2.05) is 24.3 Å². The first-order valence-electron chi connectivity index (χ1n) is 11.8. The van der Waals surface area contributed by atoms with Gasteiger partial charge in [0, 0.05) is 33.2 Å². The molecule has 0 spiro atoms. The van der Waals surface area contributed by atoms with Crippen molar-refractivity contribution >= 4 is 33.7 Å². The Morgan fingerprint density at radius 2 is 1.12 bits per heavy atom. The fourth-order valence-electron chi connectivity index (χ4n) is 5.56. The summed E-state index contributed by atoms with van der Waals surface area (Å²) in [5.74, 6) is -0.948. The predicted octanol–water partition coefficient (Wildman–Crippen LogP) is 5.38. The largest absolute Gasteiger partial charge is 0.424 e. The number of carbonyl (C=O) groups is 2. The summed E-state index contributed by atoms with van der Waals surface area (Å²) in [6, 6.07) is 11.2. The van der Waals surface area contributed by atoms with Crippen molar-refractivity contribution in [1.29, 1.82) is 0 Å². The van der Waals surface area contributed by atoms with Crippen molar-refractivity contribution in [2.24, 2.45) is 0 Å². The summed E-state index contributed by atoms with van der Waals surface area (Å²) in [5, 5.41) is 1.87. The second kappa shape index (κ2) is 8.10. The first-order valence-corrected chi connectivity index (χ1v) is 11.8. The number of hydrogen-bond donors (Lipinski definition) is 2. The van der Waals surface area contributed by atoms with Gasteiger partial charge in [-0.3, -0.25) is 0 Å². The fraction of sp³-hybridized carbons (Fsp3) is 0.333. The molecule has 0 saturated carbocycles. The van der Waals surface area contributed by atoms with Crippen molar-refractivity contribution in [3.8, 4) is 0 Å². The molecule has 0 unspecified atom stereocenters. The van der Waals surface area contributed by atoms with E-state index in [4.69, 9.17) is 9.47 Å². The van der Waals surface area contributed by atoms with Gasteiger partial charge in [0.15, 0.2) is 0 Å². The maximum Gasteiger partial charge on any atom is 0.341 e. The number of aromatic nitrogens is 2. The van der Waals surface area contributed by atoms with Crippen LogP contribution in [0, 0.1) is 0 Å². The Kier molecular flexibility index (Phi) is 4.93. The van der Waals surface area contributed by atoms with E-state index < -0.39 is 18.7 Å². The van der Waals surface area contributed by atoms with E-state index in [2.05, 4.69) is 9.97 Å². The molecule has 2 aromatic carbocycles. The van der Waals surface area contributed by atoms with Crippen molar-refractivity contribution in [2.75, 3.05) is 6.79 Å². The Hall–Kier alpha value is -3.54. The van der Waals surface area contributed by atoms with Gasteiger partial charge in [0.2, 0.25) is 6.79 Å². The molecule has 168 valence electrons. The molecule has 0 bridgehead atoms. The number of aryl methyl sites for hydroxylation is 4. The van der Waals surface area contributed by atoms with Gasteiger partial charge < -0.3 is 19.4 Å². The molecular formula is C27H26N2O4. The van der Waals surface area contributed by atoms with Crippen molar-refractivity contribution in [1.82, 2.24) is 9.97 Å². The number of nitrogens with one attached hydrogen (secondary N) is 2. The molecule has 0 amide bonds. The third-order valence-corrected chi connectivity index (χ3v) is 7.06. The molecular weight excluding hydrogens is 416 g/mol. The molecule has 33 heavy (non-hydrogen) atoms. The molecule has 2 aromatic heterocycles. The number of benzene rings is 2. The van der Waals surface area contributed by atoms with E-state index in [-0.39, 0.29) is 0 Å². The van der Waals surface area contributed by atoms with Gasteiger partial charge in [0.25, 0.3) is 0 Å². The minimum absolute atomic E-state index is 0.413. The van der Waals surface area contributed by atoms with Crippen LogP contribution in [0.25, 0.3) is 21.8 Å². The van der Waals surface area contributed by atoms with E-state index in [1.54, 1.807) is 12.1 Å². The minimum Gasteiger partial charge on any atom is -0.424 e. The van der Waals surface area contributed by atoms with Crippen LogP contribution >= 0.6 is 0 Å². The monoisotopic (exact) mass is 442 g/mol. The van der Waals surface area contributed by atoms with Crippen LogP contribution < -0.4 is 0 Å². The molecule has 0 radical (unpaired) electrons. The molecule has 2 heterocycles. The predicted molar refractivity (Wildman–Crippen MR) is 126 cm³/mol. The standard InChI is InChI=1S/C27H26N2O4/c30-26(18-9-5-13-22-24(18)16-7-1-3-11-20(16)28-22)32-15-33-27(31)19-10-6-14-23-25(19)17-8-2-4-12-21(17)29-23/h5-6,9-10,13-14,28-29H,1-4,7-8,11-12,15H2. The summed E-state index contributed by atoms with van der Waals surface area (Å²) in [7, 11) is 0. The van der Waals surface area contributed by atoms with Crippen molar-refractivity contribution < 1.29 is 19.1 Å². The van der Waals surface area contributed by atoms with E-state index in [1.165, 1.54) is 22.5 Å². The summed E-state index contributed by atoms with van der Waals surface area (Å²) in [6.45, 7) is -0.413. The van der Waals surface area contributed by atoms with Crippen LogP contribution in [0.15, 0.2) is 36.4 Å². The highest BCUT2D eigenvalue weighted by Crippen LogP contribution is 2.33. The van der Waals surface area contributed by atoms with Gasteiger partial charge in [0.1, 0.15) is 0 Å². The number of esters is 2. The lowest BCUT2D eigenvalue weighted by molar-refractivity contribution is -0.0164. The Morgan fingerprint density at radius 3 is 1.61 bits per heavy atom. The Labute approximate surface area is 191 Å². The molecule has 0 aliphatic heterocycles. The number of fused-ring (bicyclic) bond motifs is 6. The molecule has 0 fully saturated rings. The molecule has 6 rings (SSSR count). The Morgan fingerprint density at radius 1 is 0.667 bits per heavy atom. The minimum atomic E-state index is -0.474. The van der Waals surface area contributed by atoms with E-state index in [0.717, 1.165) is 73.2 Å². The summed E-state index contributed by atoms with van der Waals surface area (Å²) >= 11 is 0. The highest BCUT2D eigenvalue weighted by atomic mass is 16.7. The molecule has 4 aromatic rings. The van der Waals surface area contributed by atoms with Gasteiger partial charge in [-0.2, -0.15) is 0 Å². The summed E-state index contributed by atoms with van der Waals surface area (Å²) < 4.78 is 10.8. The number of H-pyrrole nitrogens is 2. The topological polar surface area (TPSA) is 84.2 Å². The molecule has 2 aliphatic carbocycles.